The summed E-state index contributed by atoms with van der Waals surface area (Å²) in [7, 11) is 2.78. The fourth-order valence-corrected chi connectivity index (χ4v) is 1.11. The normalized spacial score (nSPS) is 9.73. The number of carbonyl (C=O) groups excluding carboxylic acids is 2. The first kappa shape index (κ1) is 11.3. The second-order valence-corrected chi connectivity index (χ2v) is 2.81. The van der Waals surface area contributed by atoms with Gasteiger partial charge in [-0.1, -0.05) is 0 Å². The van der Waals surface area contributed by atoms with Gasteiger partial charge >= 0.3 is 5.97 Å². The Kier molecular flexibility index (Phi) is 3.93. The van der Waals surface area contributed by atoms with Crippen molar-refractivity contribution in [2.45, 2.75) is 6.61 Å². The lowest BCUT2D eigenvalue weighted by Gasteiger charge is -2.05. The number of pyridine rings is 1. The van der Waals surface area contributed by atoms with Gasteiger partial charge in [0.15, 0.2) is 6.29 Å². The predicted molar refractivity (Wildman–Crippen MR) is 51.7 cm³/mol. The molecule has 1 heterocycles. The number of ether oxygens (including phenoxy) is 2. The molecule has 0 unspecified atom stereocenters. The van der Waals surface area contributed by atoms with Crippen LogP contribution in [0.3, 0.4) is 0 Å². The fourth-order valence-electron chi connectivity index (χ4n) is 1.11. The summed E-state index contributed by atoms with van der Waals surface area (Å²) < 4.78 is 9.41. The van der Waals surface area contributed by atoms with Crippen molar-refractivity contribution in [3.8, 4) is 0 Å². The number of carbonyl (C=O) groups is 2. The highest BCUT2D eigenvalue weighted by Crippen LogP contribution is 2.09. The molecule has 0 spiro atoms. The largest absolute Gasteiger partial charge is 0.464 e. The minimum Gasteiger partial charge on any atom is -0.464 e. The van der Waals surface area contributed by atoms with E-state index in [4.69, 9.17) is 4.74 Å². The highest BCUT2D eigenvalue weighted by atomic mass is 16.5. The highest BCUT2D eigenvalue weighted by molar-refractivity contribution is 5.88. The van der Waals surface area contributed by atoms with Crippen LogP contribution in [0.25, 0.3) is 0 Å². The summed E-state index contributed by atoms with van der Waals surface area (Å²) in [5.74, 6) is -0.537. The fraction of sp³-hybridized carbons (Fsp3) is 0.300. The van der Waals surface area contributed by atoms with E-state index in [9.17, 15) is 9.59 Å². The van der Waals surface area contributed by atoms with E-state index in [1.807, 2.05) is 0 Å². The Morgan fingerprint density at radius 1 is 1.53 bits per heavy atom. The van der Waals surface area contributed by atoms with Gasteiger partial charge in [-0.3, -0.25) is 4.79 Å². The molecule has 0 aromatic carbocycles. The second-order valence-electron chi connectivity index (χ2n) is 2.81. The second kappa shape index (κ2) is 5.21. The molecule has 0 saturated carbocycles. The molecule has 0 aliphatic carbocycles. The van der Waals surface area contributed by atoms with Crippen LogP contribution in [0.4, 0.5) is 0 Å². The van der Waals surface area contributed by atoms with E-state index in [0.29, 0.717) is 17.4 Å². The number of aldehydes is 1. The number of hydrogen-bond donors (Lipinski definition) is 0. The SMILES string of the molecule is COCc1cc(C(=O)OC)ncc1C=O. The Morgan fingerprint density at radius 3 is 2.80 bits per heavy atom. The Bertz CT molecular complexity index is 376. The van der Waals surface area contributed by atoms with Crippen LogP contribution >= 0.6 is 0 Å². The molecular weight excluding hydrogens is 198 g/mol. The smallest absolute Gasteiger partial charge is 0.356 e. The van der Waals surface area contributed by atoms with Crippen LogP contribution in [-0.4, -0.2) is 31.5 Å². The Labute approximate surface area is 87.0 Å². The lowest BCUT2D eigenvalue weighted by Crippen LogP contribution is -2.07. The van der Waals surface area contributed by atoms with Crippen molar-refractivity contribution >= 4 is 12.3 Å². The molecule has 1 rings (SSSR count). The van der Waals surface area contributed by atoms with Crippen LogP contribution in [-0.2, 0) is 16.1 Å². The number of aromatic nitrogens is 1. The molecular formula is C10H11NO4. The van der Waals surface area contributed by atoms with Crippen molar-refractivity contribution in [3.05, 3.63) is 29.1 Å². The number of nitrogens with zero attached hydrogens (tertiary/aromatic N) is 1. The summed E-state index contributed by atoms with van der Waals surface area (Å²) in [4.78, 5) is 25.6. The molecule has 5 nitrogen and oxygen atoms in total. The van der Waals surface area contributed by atoms with Gasteiger partial charge in [-0.25, -0.2) is 9.78 Å². The third kappa shape index (κ3) is 2.60. The monoisotopic (exact) mass is 209 g/mol. The van der Waals surface area contributed by atoms with Crippen LogP contribution in [0, 0.1) is 0 Å². The molecule has 0 atom stereocenters. The molecule has 0 N–H and O–H groups in total. The molecule has 0 radical (unpaired) electrons. The van der Waals surface area contributed by atoms with Crippen molar-refractivity contribution in [2.75, 3.05) is 14.2 Å². The number of methoxy groups -OCH3 is 2. The standard InChI is InChI=1S/C10H11NO4/c1-14-6-7-3-9(10(13)15-2)11-4-8(7)5-12/h3-5H,6H2,1-2H3. The third-order valence-corrected chi connectivity index (χ3v) is 1.85. The van der Waals surface area contributed by atoms with E-state index in [0.717, 1.165) is 0 Å². The van der Waals surface area contributed by atoms with E-state index >= 15 is 0 Å². The van der Waals surface area contributed by atoms with E-state index in [-0.39, 0.29) is 12.3 Å². The summed E-state index contributed by atoms with van der Waals surface area (Å²) in [5, 5.41) is 0. The molecule has 1 aromatic heterocycles. The molecule has 0 aliphatic rings. The van der Waals surface area contributed by atoms with Gasteiger partial charge in [-0.05, 0) is 11.6 Å². The molecule has 0 fully saturated rings. The minimum atomic E-state index is -0.537. The maximum absolute atomic E-state index is 11.2. The third-order valence-electron chi connectivity index (χ3n) is 1.85. The van der Waals surface area contributed by atoms with Crippen molar-refractivity contribution < 1.29 is 19.1 Å². The first-order chi connectivity index (χ1) is 7.22. The zero-order valence-corrected chi connectivity index (χ0v) is 8.52. The number of rotatable bonds is 4. The van der Waals surface area contributed by atoms with Crippen LogP contribution in [0.1, 0.15) is 26.4 Å². The molecule has 0 bridgehead atoms. The molecule has 15 heavy (non-hydrogen) atoms. The van der Waals surface area contributed by atoms with Crippen molar-refractivity contribution in [1.82, 2.24) is 4.98 Å². The first-order valence-electron chi connectivity index (χ1n) is 4.24. The van der Waals surface area contributed by atoms with Crippen LogP contribution in [0.5, 0.6) is 0 Å². The van der Waals surface area contributed by atoms with E-state index in [1.165, 1.54) is 26.5 Å². The average Bonchev–Trinajstić information content (AvgIpc) is 2.28. The van der Waals surface area contributed by atoms with Gasteiger partial charge < -0.3 is 9.47 Å². The molecule has 0 aliphatic heterocycles. The van der Waals surface area contributed by atoms with Crippen molar-refractivity contribution in [3.63, 3.8) is 0 Å². The summed E-state index contributed by atoms with van der Waals surface area (Å²) in [5.41, 5.74) is 1.18. The van der Waals surface area contributed by atoms with Crippen molar-refractivity contribution in [2.24, 2.45) is 0 Å². The average molecular weight is 209 g/mol. The van der Waals surface area contributed by atoms with Crippen LogP contribution < -0.4 is 0 Å². The summed E-state index contributed by atoms with van der Waals surface area (Å²) >= 11 is 0. The quantitative estimate of drug-likeness (QED) is 0.542. The molecule has 0 saturated heterocycles. The topological polar surface area (TPSA) is 65.5 Å². The molecule has 5 heteroatoms. The van der Waals surface area contributed by atoms with E-state index in [1.54, 1.807) is 0 Å². The summed E-state index contributed by atoms with van der Waals surface area (Å²) in [6.45, 7) is 0.251. The Morgan fingerprint density at radius 2 is 2.27 bits per heavy atom. The number of hydrogen-bond acceptors (Lipinski definition) is 5. The van der Waals surface area contributed by atoms with Gasteiger partial charge in [0.05, 0.1) is 13.7 Å². The maximum atomic E-state index is 11.2. The van der Waals surface area contributed by atoms with Gasteiger partial charge in [-0.2, -0.15) is 0 Å². The van der Waals surface area contributed by atoms with E-state index in [2.05, 4.69) is 9.72 Å². The van der Waals surface area contributed by atoms with Gasteiger partial charge in [0.25, 0.3) is 0 Å². The van der Waals surface area contributed by atoms with Crippen LogP contribution in [0.2, 0.25) is 0 Å². The zero-order valence-electron chi connectivity index (χ0n) is 8.52. The zero-order chi connectivity index (χ0) is 11.3. The lowest BCUT2D eigenvalue weighted by atomic mass is 10.1. The molecule has 0 amide bonds. The Balaban J connectivity index is 3.09. The van der Waals surface area contributed by atoms with E-state index < -0.39 is 5.97 Å². The van der Waals surface area contributed by atoms with Gasteiger partial charge in [0.2, 0.25) is 0 Å². The maximum Gasteiger partial charge on any atom is 0.356 e. The summed E-state index contributed by atoms with van der Waals surface area (Å²) in [6.07, 6.45) is 2.00. The van der Waals surface area contributed by atoms with Crippen molar-refractivity contribution in [1.29, 1.82) is 0 Å². The summed E-state index contributed by atoms with van der Waals surface area (Å²) in [6, 6.07) is 1.49. The Hall–Kier alpha value is -1.75. The van der Waals surface area contributed by atoms with Gasteiger partial charge in [0.1, 0.15) is 5.69 Å². The van der Waals surface area contributed by atoms with Gasteiger partial charge in [0, 0.05) is 18.9 Å². The predicted octanol–water partition coefficient (Wildman–Crippen LogP) is 0.827. The lowest BCUT2D eigenvalue weighted by molar-refractivity contribution is 0.0593. The molecule has 80 valence electrons. The minimum absolute atomic E-state index is 0.162. The number of esters is 1. The van der Waals surface area contributed by atoms with Crippen LogP contribution in [0.15, 0.2) is 12.3 Å². The first-order valence-corrected chi connectivity index (χ1v) is 4.24. The highest BCUT2D eigenvalue weighted by Gasteiger charge is 2.10. The van der Waals surface area contributed by atoms with Gasteiger partial charge in [-0.15, -0.1) is 0 Å². The molecule has 1 aromatic rings.